The van der Waals surface area contributed by atoms with E-state index in [1.807, 2.05) is 24.3 Å². The van der Waals surface area contributed by atoms with Crippen molar-refractivity contribution in [2.45, 2.75) is 6.54 Å². The number of aromatic nitrogens is 2. The van der Waals surface area contributed by atoms with E-state index < -0.39 is 0 Å². The zero-order valence-corrected chi connectivity index (χ0v) is 9.19. The third kappa shape index (κ3) is 2.61. The summed E-state index contributed by atoms with van der Waals surface area (Å²) in [7, 11) is 0. The van der Waals surface area contributed by atoms with Gasteiger partial charge in [-0.2, -0.15) is 5.10 Å². The molecule has 82 valence electrons. The van der Waals surface area contributed by atoms with Crippen molar-refractivity contribution in [2.75, 3.05) is 5.32 Å². The number of carbonyl (C=O) groups excluding carboxylic acids is 1. The maximum absolute atomic E-state index is 10.2. The van der Waals surface area contributed by atoms with Crippen LogP contribution in [-0.2, 0) is 11.3 Å². The Bertz CT molecular complexity index is 478. The summed E-state index contributed by atoms with van der Waals surface area (Å²) in [5.41, 5.74) is 1.87. The number of carbonyl (C=O) groups is 1. The molecule has 0 unspecified atom stereocenters. The van der Waals surface area contributed by atoms with Gasteiger partial charge in [-0.25, -0.2) is 0 Å². The van der Waals surface area contributed by atoms with E-state index in [0.717, 1.165) is 11.3 Å². The van der Waals surface area contributed by atoms with Gasteiger partial charge >= 0.3 is 0 Å². The standard InChI is InChI=1S/C11H10ClN3O/c12-10-5-14-15(7-10)6-9-1-3-11(4-2-9)13-8-16/h1-5,7-8H,6H2,(H,13,16). The number of rotatable bonds is 4. The van der Waals surface area contributed by atoms with Crippen molar-refractivity contribution in [1.82, 2.24) is 9.78 Å². The third-order valence-electron chi connectivity index (χ3n) is 2.13. The van der Waals surface area contributed by atoms with Gasteiger partial charge in [0.2, 0.25) is 6.41 Å². The largest absolute Gasteiger partial charge is 0.329 e. The van der Waals surface area contributed by atoms with Gasteiger partial charge in [0.1, 0.15) is 0 Å². The fourth-order valence-electron chi connectivity index (χ4n) is 1.39. The predicted octanol–water partition coefficient (Wildman–Crippen LogP) is 2.15. The molecule has 1 amide bonds. The molecule has 2 aromatic rings. The summed E-state index contributed by atoms with van der Waals surface area (Å²) < 4.78 is 1.75. The van der Waals surface area contributed by atoms with Gasteiger partial charge in [0.05, 0.1) is 17.8 Å². The van der Waals surface area contributed by atoms with Crippen molar-refractivity contribution in [3.05, 3.63) is 47.2 Å². The van der Waals surface area contributed by atoms with E-state index in [1.54, 1.807) is 17.1 Å². The first-order valence-electron chi connectivity index (χ1n) is 4.75. The number of anilines is 1. The molecule has 0 atom stereocenters. The molecule has 0 saturated carbocycles. The summed E-state index contributed by atoms with van der Waals surface area (Å²) in [5.74, 6) is 0. The summed E-state index contributed by atoms with van der Waals surface area (Å²) in [6.07, 6.45) is 4.02. The number of nitrogens with one attached hydrogen (secondary N) is 1. The molecule has 1 aromatic carbocycles. The first kappa shape index (κ1) is 10.7. The third-order valence-corrected chi connectivity index (χ3v) is 2.32. The zero-order valence-electron chi connectivity index (χ0n) is 8.43. The van der Waals surface area contributed by atoms with E-state index in [9.17, 15) is 4.79 Å². The normalized spacial score (nSPS) is 10.1. The van der Waals surface area contributed by atoms with E-state index in [1.165, 1.54) is 0 Å². The lowest BCUT2D eigenvalue weighted by atomic mass is 10.2. The number of halogens is 1. The second-order valence-corrected chi connectivity index (χ2v) is 3.75. The lowest BCUT2D eigenvalue weighted by molar-refractivity contribution is -0.105. The van der Waals surface area contributed by atoms with Crippen molar-refractivity contribution < 1.29 is 4.79 Å². The van der Waals surface area contributed by atoms with Gasteiger partial charge < -0.3 is 5.32 Å². The Morgan fingerprint density at radius 3 is 2.69 bits per heavy atom. The van der Waals surface area contributed by atoms with Crippen molar-refractivity contribution in [2.24, 2.45) is 0 Å². The maximum atomic E-state index is 10.2. The van der Waals surface area contributed by atoms with Crippen LogP contribution in [0.15, 0.2) is 36.7 Å². The molecule has 0 aliphatic heterocycles. The topological polar surface area (TPSA) is 46.9 Å². The highest BCUT2D eigenvalue weighted by Crippen LogP contribution is 2.11. The first-order chi connectivity index (χ1) is 7.78. The lowest BCUT2D eigenvalue weighted by Crippen LogP contribution is -2.00. The average Bonchev–Trinajstić information content (AvgIpc) is 2.67. The minimum absolute atomic E-state index is 0.624. The number of amides is 1. The summed E-state index contributed by atoms with van der Waals surface area (Å²) in [6.45, 7) is 0.661. The smallest absolute Gasteiger partial charge is 0.211 e. The van der Waals surface area contributed by atoms with E-state index in [-0.39, 0.29) is 0 Å². The van der Waals surface area contributed by atoms with Crippen molar-refractivity contribution >= 4 is 23.7 Å². The van der Waals surface area contributed by atoms with Crippen LogP contribution >= 0.6 is 11.6 Å². The van der Waals surface area contributed by atoms with Crippen LogP contribution in [0.5, 0.6) is 0 Å². The highest BCUT2D eigenvalue weighted by molar-refractivity contribution is 6.30. The summed E-state index contributed by atoms with van der Waals surface area (Å²) >= 11 is 5.76. The number of hydrogen-bond donors (Lipinski definition) is 1. The molecule has 0 spiro atoms. The fraction of sp³-hybridized carbons (Fsp3) is 0.0909. The van der Waals surface area contributed by atoms with Crippen LogP contribution in [0.3, 0.4) is 0 Å². The molecule has 0 aliphatic rings. The fourth-order valence-corrected chi connectivity index (χ4v) is 1.54. The SMILES string of the molecule is O=CNc1ccc(Cn2cc(Cl)cn2)cc1. The Labute approximate surface area is 97.8 Å². The Balaban J connectivity index is 2.07. The highest BCUT2D eigenvalue weighted by atomic mass is 35.5. The van der Waals surface area contributed by atoms with E-state index in [2.05, 4.69) is 10.4 Å². The molecular weight excluding hydrogens is 226 g/mol. The molecule has 0 aliphatic carbocycles. The molecule has 0 fully saturated rings. The predicted molar refractivity (Wildman–Crippen MR) is 62.5 cm³/mol. The molecule has 0 radical (unpaired) electrons. The van der Waals surface area contributed by atoms with Crippen LogP contribution in [0.4, 0.5) is 5.69 Å². The first-order valence-corrected chi connectivity index (χ1v) is 5.13. The van der Waals surface area contributed by atoms with Crippen LogP contribution in [-0.4, -0.2) is 16.2 Å². The van der Waals surface area contributed by atoms with Crippen molar-refractivity contribution in [3.8, 4) is 0 Å². The van der Waals surface area contributed by atoms with Gasteiger partial charge in [-0.3, -0.25) is 9.48 Å². The molecule has 0 saturated heterocycles. The summed E-state index contributed by atoms with van der Waals surface area (Å²) in [4.78, 5) is 10.2. The number of nitrogens with zero attached hydrogens (tertiary/aromatic N) is 2. The second kappa shape index (κ2) is 4.81. The van der Waals surface area contributed by atoms with E-state index >= 15 is 0 Å². The van der Waals surface area contributed by atoms with Gasteiger partial charge in [0, 0.05) is 11.9 Å². The molecule has 1 heterocycles. The van der Waals surface area contributed by atoms with Crippen LogP contribution in [0.25, 0.3) is 0 Å². The van der Waals surface area contributed by atoms with Crippen LogP contribution < -0.4 is 5.32 Å². The molecule has 2 rings (SSSR count). The molecular formula is C11H10ClN3O. The molecule has 4 nitrogen and oxygen atoms in total. The highest BCUT2D eigenvalue weighted by Gasteiger charge is 1.98. The molecule has 1 aromatic heterocycles. The zero-order chi connectivity index (χ0) is 11.4. The lowest BCUT2D eigenvalue weighted by Gasteiger charge is -2.03. The van der Waals surface area contributed by atoms with E-state index in [0.29, 0.717) is 18.0 Å². The minimum atomic E-state index is 0.624. The molecule has 16 heavy (non-hydrogen) atoms. The van der Waals surface area contributed by atoms with Crippen LogP contribution in [0.1, 0.15) is 5.56 Å². The van der Waals surface area contributed by atoms with Crippen molar-refractivity contribution in [3.63, 3.8) is 0 Å². The second-order valence-electron chi connectivity index (χ2n) is 3.32. The monoisotopic (exact) mass is 235 g/mol. The quantitative estimate of drug-likeness (QED) is 0.826. The summed E-state index contributed by atoms with van der Waals surface area (Å²) in [5, 5.41) is 7.29. The van der Waals surface area contributed by atoms with Crippen LogP contribution in [0.2, 0.25) is 5.02 Å². The van der Waals surface area contributed by atoms with Gasteiger partial charge in [0.25, 0.3) is 0 Å². The Hall–Kier alpha value is -1.81. The summed E-state index contributed by atoms with van der Waals surface area (Å²) in [6, 6.07) is 7.55. The van der Waals surface area contributed by atoms with Crippen LogP contribution in [0, 0.1) is 0 Å². The Morgan fingerprint density at radius 1 is 1.38 bits per heavy atom. The molecule has 1 N–H and O–H groups in total. The molecule has 0 bridgehead atoms. The van der Waals surface area contributed by atoms with Gasteiger partial charge in [-0.15, -0.1) is 0 Å². The minimum Gasteiger partial charge on any atom is -0.329 e. The van der Waals surface area contributed by atoms with Gasteiger partial charge in [-0.05, 0) is 17.7 Å². The Kier molecular flexibility index (Phi) is 3.22. The van der Waals surface area contributed by atoms with Gasteiger partial charge in [0.15, 0.2) is 0 Å². The van der Waals surface area contributed by atoms with Crippen molar-refractivity contribution in [1.29, 1.82) is 0 Å². The maximum Gasteiger partial charge on any atom is 0.211 e. The van der Waals surface area contributed by atoms with Gasteiger partial charge in [-0.1, -0.05) is 23.7 Å². The molecule has 5 heteroatoms. The van der Waals surface area contributed by atoms with E-state index in [4.69, 9.17) is 11.6 Å². The number of hydrogen-bond acceptors (Lipinski definition) is 2. The average molecular weight is 236 g/mol. The number of benzene rings is 1. The Morgan fingerprint density at radius 2 is 2.12 bits per heavy atom.